The molecule has 0 spiro atoms. The molecule has 172 valence electrons. The highest BCUT2D eigenvalue weighted by Crippen LogP contribution is 2.36. The summed E-state index contributed by atoms with van der Waals surface area (Å²) in [5, 5.41) is 10.3. The first-order valence-electron chi connectivity index (χ1n) is 11.7. The van der Waals surface area contributed by atoms with Gasteiger partial charge in [-0.15, -0.1) is 6.58 Å². The van der Waals surface area contributed by atoms with Gasteiger partial charge in [-0.25, -0.2) is 0 Å². The van der Waals surface area contributed by atoms with Crippen molar-refractivity contribution in [1.29, 1.82) is 0 Å². The van der Waals surface area contributed by atoms with Crippen LogP contribution in [-0.2, 0) is 0 Å². The van der Waals surface area contributed by atoms with Crippen molar-refractivity contribution in [2.75, 3.05) is 32.7 Å². The number of piperazine rings is 1. The Balaban J connectivity index is 2.10. The van der Waals surface area contributed by atoms with Crippen molar-refractivity contribution in [1.82, 2.24) is 14.7 Å². The van der Waals surface area contributed by atoms with Crippen LogP contribution in [-0.4, -0.2) is 70.5 Å². The van der Waals surface area contributed by atoms with Crippen molar-refractivity contribution < 1.29 is 9.90 Å². The zero-order valence-electron chi connectivity index (χ0n) is 19.9. The van der Waals surface area contributed by atoms with Gasteiger partial charge >= 0.3 is 0 Å². The summed E-state index contributed by atoms with van der Waals surface area (Å²) < 4.78 is 0. The molecule has 1 aliphatic rings. The van der Waals surface area contributed by atoms with Crippen LogP contribution in [0.25, 0.3) is 0 Å². The van der Waals surface area contributed by atoms with Crippen LogP contribution in [0.5, 0.6) is 5.75 Å². The van der Waals surface area contributed by atoms with Gasteiger partial charge in [-0.2, -0.15) is 0 Å². The topological polar surface area (TPSA) is 47.0 Å². The first-order valence-corrected chi connectivity index (χ1v) is 11.7. The van der Waals surface area contributed by atoms with E-state index >= 15 is 0 Å². The molecule has 32 heavy (non-hydrogen) atoms. The average Bonchev–Trinajstić information content (AvgIpc) is 2.78. The Labute approximate surface area is 193 Å². The van der Waals surface area contributed by atoms with Gasteiger partial charge in [-0.1, -0.05) is 36.4 Å². The van der Waals surface area contributed by atoms with Gasteiger partial charge in [0.1, 0.15) is 5.75 Å². The molecule has 3 rings (SSSR count). The van der Waals surface area contributed by atoms with Crippen molar-refractivity contribution in [3.8, 4) is 5.75 Å². The number of rotatable bonds is 8. The van der Waals surface area contributed by atoms with E-state index in [-0.39, 0.29) is 23.7 Å². The molecule has 1 fully saturated rings. The van der Waals surface area contributed by atoms with Crippen LogP contribution < -0.4 is 0 Å². The zero-order chi connectivity index (χ0) is 23.3. The van der Waals surface area contributed by atoms with Crippen LogP contribution in [0.4, 0.5) is 0 Å². The molecule has 1 saturated heterocycles. The Morgan fingerprint density at radius 1 is 1.12 bits per heavy atom. The zero-order valence-corrected chi connectivity index (χ0v) is 19.9. The van der Waals surface area contributed by atoms with Gasteiger partial charge in [0.05, 0.1) is 6.04 Å². The molecule has 0 bridgehead atoms. The van der Waals surface area contributed by atoms with Gasteiger partial charge in [-0.3, -0.25) is 14.6 Å². The Morgan fingerprint density at radius 2 is 1.84 bits per heavy atom. The van der Waals surface area contributed by atoms with Crippen LogP contribution in [0.15, 0.2) is 61.2 Å². The number of phenols is 1. The molecule has 0 saturated carbocycles. The third-order valence-corrected chi connectivity index (χ3v) is 6.58. The van der Waals surface area contributed by atoms with Gasteiger partial charge in [-0.05, 0) is 57.0 Å². The number of phenolic OH excluding ortho intramolecular Hbond substituents is 1. The Bertz CT molecular complexity index is 925. The number of carbonyl (C=O) groups is 1. The molecule has 5 nitrogen and oxygen atoms in total. The fourth-order valence-corrected chi connectivity index (χ4v) is 4.86. The second-order valence-electron chi connectivity index (χ2n) is 8.70. The molecule has 0 aromatic heterocycles. The van der Waals surface area contributed by atoms with Gasteiger partial charge < -0.3 is 10.0 Å². The number of benzene rings is 2. The predicted molar refractivity (Wildman–Crippen MR) is 131 cm³/mol. The highest BCUT2D eigenvalue weighted by Gasteiger charge is 2.36. The minimum atomic E-state index is -0.124. The van der Waals surface area contributed by atoms with E-state index in [2.05, 4.69) is 42.4 Å². The summed E-state index contributed by atoms with van der Waals surface area (Å²) >= 11 is 0. The van der Waals surface area contributed by atoms with E-state index in [9.17, 15) is 9.90 Å². The predicted octanol–water partition coefficient (Wildman–Crippen LogP) is 4.54. The lowest BCUT2D eigenvalue weighted by Crippen LogP contribution is -2.57. The second kappa shape index (κ2) is 10.8. The molecular weight excluding hydrogens is 398 g/mol. The molecule has 1 heterocycles. The molecule has 0 aliphatic carbocycles. The minimum Gasteiger partial charge on any atom is -0.508 e. The van der Waals surface area contributed by atoms with Crippen molar-refractivity contribution in [3.05, 3.63) is 77.9 Å². The number of amides is 1. The molecule has 3 atom stereocenters. The SMILES string of the molecule is C=CCN1C[C@H](C)N([C@H](c2cccc(O)c2)c2ccccc2C(=O)N(CC)CC)C[C@@H]1C. The number of carbonyl (C=O) groups excluding carboxylic acids is 1. The number of hydrogen-bond acceptors (Lipinski definition) is 4. The van der Waals surface area contributed by atoms with Crippen molar-refractivity contribution >= 4 is 5.91 Å². The molecule has 0 radical (unpaired) electrons. The Morgan fingerprint density at radius 3 is 2.50 bits per heavy atom. The smallest absolute Gasteiger partial charge is 0.254 e. The lowest BCUT2D eigenvalue weighted by molar-refractivity contribution is 0.0302. The van der Waals surface area contributed by atoms with E-state index in [4.69, 9.17) is 0 Å². The van der Waals surface area contributed by atoms with Crippen molar-refractivity contribution in [2.24, 2.45) is 0 Å². The van der Waals surface area contributed by atoms with Crippen LogP contribution in [0.1, 0.15) is 55.2 Å². The third-order valence-electron chi connectivity index (χ3n) is 6.58. The lowest BCUT2D eigenvalue weighted by Gasteiger charge is -2.47. The maximum atomic E-state index is 13.4. The summed E-state index contributed by atoms with van der Waals surface area (Å²) in [7, 11) is 0. The molecule has 1 aliphatic heterocycles. The van der Waals surface area contributed by atoms with E-state index in [1.54, 1.807) is 6.07 Å². The standard InChI is InChI=1S/C27H37N3O2/c1-6-16-29-18-21(5)30(19-20(29)4)26(22-12-11-13-23(31)17-22)24-14-9-10-15-25(24)27(32)28(7-2)8-3/h6,9-15,17,20-21,26,31H,1,7-8,16,18-19H2,2-5H3/t20-,21-,26+/m0/s1. The van der Waals surface area contributed by atoms with Crippen LogP contribution in [0, 0.1) is 0 Å². The van der Waals surface area contributed by atoms with Gasteiger partial charge in [0, 0.05) is 50.4 Å². The van der Waals surface area contributed by atoms with E-state index < -0.39 is 0 Å². The molecule has 1 N–H and O–H groups in total. The Hall–Kier alpha value is -2.63. The van der Waals surface area contributed by atoms with Gasteiger partial charge in [0.2, 0.25) is 0 Å². The maximum Gasteiger partial charge on any atom is 0.254 e. The lowest BCUT2D eigenvalue weighted by atomic mass is 9.90. The highest BCUT2D eigenvalue weighted by molar-refractivity contribution is 5.96. The fourth-order valence-electron chi connectivity index (χ4n) is 4.86. The van der Waals surface area contributed by atoms with E-state index in [1.807, 2.05) is 55.2 Å². The first kappa shape index (κ1) is 24.0. The summed E-state index contributed by atoms with van der Waals surface area (Å²) in [6.45, 7) is 16.4. The molecule has 5 heteroatoms. The summed E-state index contributed by atoms with van der Waals surface area (Å²) in [5.74, 6) is 0.299. The van der Waals surface area contributed by atoms with Crippen LogP contribution in [0.3, 0.4) is 0 Å². The minimum absolute atomic E-state index is 0.0572. The first-order chi connectivity index (χ1) is 15.4. The maximum absolute atomic E-state index is 13.4. The summed E-state index contributed by atoms with van der Waals surface area (Å²) in [4.78, 5) is 20.2. The number of aromatic hydroxyl groups is 1. The third kappa shape index (κ3) is 5.05. The monoisotopic (exact) mass is 435 g/mol. The Kier molecular flexibility index (Phi) is 8.10. The molecular formula is C27H37N3O2. The van der Waals surface area contributed by atoms with Crippen LogP contribution >= 0.6 is 0 Å². The number of nitrogens with zero attached hydrogens (tertiary/aromatic N) is 3. The van der Waals surface area contributed by atoms with Gasteiger partial charge in [0.15, 0.2) is 0 Å². The van der Waals surface area contributed by atoms with E-state index in [1.165, 1.54) is 0 Å². The normalized spacial score (nSPS) is 20.6. The summed E-state index contributed by atoms with van der Waals surface area (Å²) in [5.41, 5.74) is 2.73. The van der Waals surface area contributed by atoms with Crippen molar-refractivity contribution in [2.45, 2.75) is 45.8 Å². The quantitative estimate of drug-likeness (QED) is 0.618. The molecule has 1 amide bonds. The fraction of sp³-hybridized carbons (Fsp3) is 0.444. The highest BCUT2D eigenvalue weighted by atomic mass is 16.3. The molecule has 2 aromatic carbocycles. The summed E-state index contributed by atoms with van der Waals surface area (Å²) in [6, 6.07) is 15.9. The van der Waals surface area contributed by atoms with E-state index in [0.29, 0.717) is 19.1 Å². The van der Waals surface area contributed by atoms with E-state index in [0.717, 1.165) is 36.3 Å². The largest absolute Gasteiger partial charge is 0.508 e. The average molecular weight is 436 g/mol. The van der Waals surface area contributed by atoms with Crippen molar-refractivity contribution in [3.63, 3.8) is 0 Å². The molecule has 0 unspecified atom stereocenters. The second-order valence-corrected chi connectivity index (χ2v) is 8.70. The van der Waals surface area contributed by atoms with Crippen LogP contribution in [0.2, 0.25) is 0 Å². The molecule has 2 aromatic rings. The van der Waals surface area contributed by atoms with Gasteiger partial charge in [0.25, 0.3) is 5.91 Å². The number of hydrogen-bond donors (Lipinski definition) is 1. The summed E-state index contributed by atoms with van der Waals surface area (Å²) in [6.07, 6.45) is 1.96.